The topological polar surface area (TPSA) is 63.4 Å². The van der Waals surface area contributed by atoms with Crippen molar-refractivity contribution in [3.63, 3.8) is 0 Å². The van der Waals surface area contributed by atoms with Crippen LogP contribution in [0.15, 0.2) is 18.2 Å². The zero-order valence-electron chi connectivity index (χ0n) is 6.74. The number of benzene rings is 1. The van der Waals surface area contributed by atoms with Crippen molar-refractivity contribution < 1.29 is 10.0 Å². The highest BCUT2D eigenvalue weighted by atomic mass is 35.5. The Balaban J connectivity index is 3.10. The van der Waals surface area contributed by atoms with E-state index in [2.05, 4.69) is 0 Å². The van der Waals surface area contributed by atoms with Gasteiger partial charge in [-0.2, -0.15) is 0 Å². The van der Waals surface area contributed by atoms with E-state index in [1.807, 2.05) is 0 Å². The van der Waals surface area contributed by atoms with Gasteiger partial charge >= 0.3 is 0 Å². The van der Waals surface area contributed by atoms with E-state index in [0.29, 0.717) is 10.6 Å². The van der Waals surface area contributed by atoms with Gasteiger partial charge in [0.1, 0.15) is 0 Å². The third-order valence-electron chi connectivity index (χ3n) is 1.63. The summed E-state index contributed by atoms with van der Waals surface area (Å²) in [5, 5.41) is 19.5. The Morgan fingerprint density at radius 1 is 1.54 bits per heavy atom. The lowest BCUT2D eigenvalue weighted by molar-refractivity contribution is -0.385. The Kier molecular flexibility index (Phi) is 3.22. The molecule has 0 unspecified atom stereocenters. The quantitative estimate of drug-likeness (QED) is 0.599. The molecular weight excluding hydrogens is 194 g/mol. The molecule has 0 aromatic heterocycles. The van der Waals surface area contributed by atoms with Gasteiger partial charge in [0.05, 0.1) is 4.92 Å². The molecule has 1 rings (SSSR count). The van der Waals surface area contributed by atoms with Crippen LogP contribution in [0.1, 0.15) is 5.56 Å². The van der Waals surface area contributed by atoms with E-state index in [1.165, 1.54) is 6.07 Å². The Morgan fingerprint density at radius 3 is 2.77 bits per heavy atom. The highest BCUT2D eigenvalue weighted by Gasteiger charge is 2.12. The number of hydrogen-bond donors (Lipinski definition) is 1. The first-order chi connectivity index (χ1) is 6.15. The van der Waals surface area contributed by atoms with Gasteiger partial charge in [0, 0.05) is 29.7 Å². The summed E-state index contributed by atoms with van der Waals surface area (Å²) < 4.78 is 0. The van der Waals surface area contributed by atoms with Crippen LogP contribution in [0.3, 0.4) is 0 Å². The van der Waals surface area contributed by atoms with Crippen molar-refractivity contribution in [2.24, 2.45) is 0 Å². The Labute approximate surface area is 79.9 Å². The number of nitro benzene ring substituents is 1. The summed E-state index contributed by atoms with van der Waals surface area (Å²) in [5.41, 5.74) is 0.457. The molecule has 4 nitrogen and oxygen atoms in total. The molecule has 0 fully saturated rings. The van der Waals surface area contributed by atoms with Gasteiger partial charge in [0.15, 0.2) is 0 Å². The first kappa shape index (κ1) is 9.95. The maximum Gasteiger partial charge on any atom is 0.274 e. The lowest BCUT2D eigenvalue weighted by atomic mass is 10.1. The molecule has 0 spiro atoms. The van der Waals surface area contributed by atoms with Crippen LogP contribution in [-0.4, -0.2) is 16.6 Å². The number of rotatable bonds is 3. The fraction of sp³-hybridized carbons (Fsp3) is 0.250. The minimum absolute atomic E-state index is 0.0402. The molecule has 1 aromatic rings. The molecule has 0 saturated carbocycles. The molecule has 0 radical (unpaired) electrons. The van der Waals surface area contributed by atoms with Crippen LogP contribution in [-0.2, 0) is 6.42 Å². The summed E-state index contributed by atoms with van der Waals surface area (Å²) in [6.07, 6.45) is 0.271. The summed E-state index contributed by atoms with van der Waals surface area (Å²) >= 11 is 5.59. The third-order valence-corrected chi connectivity index (χ3v) is 1.86. The number of halogens is 1. The molecule has 0 aliphatic carbocycles. The van der Waals surface area contributed by atoms with Gasteiger partial charge in [-0.1, -0.05) is 17.7 Å². The van der Waals surface area contributed by atoms with Crippen LogP contribution >= 0.6 is 11.6 Å². The monoisotopic (exact) mass is 201 g/mol. The number of nitro groups is 1. The first-order valence-electron chi connectivity index (χ1n) is 3.69. The van der Waals surface area contributed by atoms with Gasteiger partial charge in [0.25, 0.3) is 5.69 Å². The van der Waals surface area contributed by atoms with Crippen LogP contribution in [0.2, 0.25) is 5.02 Å². The molecule has 1 aromatic carbocycles. The minimum atomic E-state index is -0.503. The van der Waals surface area contributed by atoms with Crippen molar-refractivity contribution in [3.8, 4) is 0 Å². The normalized spacial score (nSPS) is 10.0. The molecule has 0 aliphatic heterocycles. The molecule has 5 heteroatoms. The summed E-state index contributed by atoms with van der Waals surface area (Å²) in [5.74, 6) is 0. The van der Waals surface area contributed by atoms with Crippen LogP contribution in [0, 0.1) is 10.1 Å². The van der Waals surface area contributed by atoms with E-state index in [1.54, 1.807) is 12.1 Å². The highest BCUT2D eigenvalue weighted by molar-refractivity contribution is 6.30. The SMILES string of the molecule is O=[N+]([O-])c1cc(Cl)ccc1CCO. The van der Waals surface area contributed by atoms with Crippen molar-refractivity contribution in [1.29, 1.82) is 0 Å². The number of aliphatic hydroxyl groups is 1. The van der Waals surface area contributed by atoms with E-state index < -0.39 is 4.92 Å². The molecule has 1 N–H and O–H groups in total. The van der Waals surface area contributed by atoms with Crippen LogP contribution in [0.25, 0.3) is 0 Å². The number of hydrogen-bond acceptors (Lipinski definition) is 3. The zero-order chi connectivity index (χ0) is 9.84. The number of aliphatic hydroxyl groups excluding tert-OH is 1. The van der Waals surface area contributed by atoms with Crippen molar-refractivity contribution in [2.75, 3.05) is 6.61 Å². The zero-order valence-corrected chi connectivity index (χ0v) is 7.49. The third kappa shape index (κ3) is 2.40. The van der Waals surface area contributed by atoms with Crippen LogP contribution in [0.4, 0.5) is 5.69 Å². The second-order valence-corrected chi connectivity index (χ2v) is 2.94. The molecule has 0 aliphatic rings. The molecule has 13 heavy (non-hydrogen) atoms. The van der Waals surface area contributed by atoms with Crippen molar-refractivity contribution in [2.45, 2.75) is 6.42 Å². The lowest BCUT2D eigenvalue weighted by Crippen LogP contribution is -1.97. The Morgan fingerprint density at radius 2 is 2.23 bits per heavy atom. The van der Waals surface area contributed by atoms with Crippen LogP contribution in [0.5, 0.6) is 0 Å². The average Bonchev–Trinajstić information content (AvgIpc) is 2.08. The summed E-state index contributed by atoms with van der Waals surface area (Å²) in [6.45, 7) is -0.109. The Hall–Kier alpha value is -1.13. The Bertz CT molecular complexity index is 327. The van der Waals surface area contributed by atoms with Crippen LogP contribution < -0.4 is 0 Å². The van der Waals surface area contributed by atoms with E-state index in [-0.39, 0.29) is 18.7 Å². The molecule has 0 amide bonds. The van der Waals surface area contributed by atoms with Crippen molar-refractivity contribution >= 4 is 17.3 Å². The van der Waals surface area contributed by atoms with Gasteiger partial charge in [-0.25, -0.2) is 0 Å². The second-order valence-electron chi connectivity index (χ2n) is 2.50. The van der Waals surface area contributed by atoms with Crippen molar-refractivity contribution in [1.82, 2.24) is 0 Å². The average molecular weight is 202 g/mol. The first-order valence-corrected chi connectivity index (χ1v) is 4.06. The van der Waals surface area contributed by atoms with E-state index in [9.17, 15) is 10.1 Å². The molecule has 0 heterocycles. The molecular formula is C8H8ClNO3. The smallest absolute Gasteiger partial charge is 0.274 e. The molecule has 0 bridgehead atoms. The maximum absolute atomic E-state index is 10.5. The maximum atomic E-state index is 10.5. The summed E-state index contributed by atoms with van der Waals surface area (Å²) in [4.78, 5) is 10.0. The molecule has 0 saturated heterocycles. The predicted molar refractivity (Wildman–Crippen MR) is 48.9 cm³/mol. The summed E-state index contributed by atoms with van der Waals surface area (Å²) in [7, 11) is 0. The minimum Gasteiger partial charge on any atom is -0.396 e. The fourth-order valence-corrected chi connectivity index (χ4v) is 1.21. The molecule has 0 atom stereocenters. The lowest BCUT2D eigenvalue weighted by Gasteiger charge is -2.00. The van der Waals surface area contributed by atoms with E-state index in [0.717, 1.165) is 0 Å². The highest BCUT2D eigenvalue weighted by Crippen LogP contribution is 2.23. The fourth-order valence-electron chi connectivity index (χ4n) is 1.04. The predicted octanol–water partition coefficient (Wildman–Crippen LogP) is 1.78. The van der Waals surface area contributed by atoms with Gasteiger partial charge in [0.2, 0.25) is 0 Å². The van der Waals surface area contributed by atoms with Crippen molar-refractivity contribution in [3.05, 3.63) is 38.9 Å². The van der Waals surface area contributed by atoms with E-state index >= 15 is 0 Å². The molecule has 70 valence electrons. The largest absolute Gasteiger partial charge is 0.396 e. The number of nitrogens with zero attached hydrogens (tertiary/aromatic N) is 1. The summed E-state index contributed by atoms with van der Waals surface area (Å²) in [6, 6.07) is 4.41. The standard InChI is InChI=1S/C8H8ClNO3/c9-7-2-1-6(3-4-11)8(5-7)10(12)13/h1-2,5,11H,3-4H2. The van der Waals surface area contributed by atoms with E-state index in [4.69, 9.17) is 16.7 Å². The van der Waals surface area contributed by atoms with Gasteiger partial charge < -0.3 is 5.11 Å². The second kappa shape index (κ2) is 4.20. The van der Waals surface area contributed by atoms with Gasteiger partial charge in [-0.15, -0.1) is 0 Å². The van der Waals surface area contributed by atoms with Gasteiger partial charge in [-0.3, -0.25) is 10.1 Å². The van der Waals surface area contributed by atoms with Gasteiger partial charge in [-0.05, 0) is 6.07 Å².